The third-order valence-electron chi connectivity index (χ3n) is 3.97. The van der Waals surface area contributed by atoms with E-state index in [1.807, 2.05) is 0 Å². The second-order valence-electron chi connectivity index (χ2n) is 6.09. The van der Waals surface area contributed by atoms with Crippen LogP contribution in [0.25, 0.3) is 0 Å². The summed E-state index contributed by atoms with van der Waals surface area (Å²) in [5.41, 5.74) is 10.5. The highest BCUT2D eigenvalue weighted by molar-refractivity contribution is 5.98. The summed E-state index contributed by atoms with van der Waals surface area (Å²) >= 11 is 0. The fourth-order valence-electron chi connectivity index (χ4n) is 2.42. The molecule has 2 heterocycles. The third-order valence-corrected chi connectivity index (χ3v) is 3.97. The maximum atomic E-state index is 12.5. The third kappa shape index (κ3) is 5.03. The highest BCUT2D eigenvalue weighted by atomic mass is 16.4. The van der Waals surface area contributed by atoms with E-state index in [1.165, 1.54) is 22.6 Å². The van der Waals surface area contributed by atoms with Gasteiger partial charge in [0.1, 0.15) is 11.6 Å². The van der Waals surface area contributed by atoms with Crippen LogP contribution in [0.5, 0.6) is 0 Å². The minimum atomic E-state index is -0.777. The van der Waals surface area contributed by atoms with E-state index in [2.05, 4.69) is 15.4 Å². The smallest absolute Gasteiger partial charge is 0.520 e. The van der Waals surface area contributed by atoms with Crippen molar-refractivity contribution in [2.24, 2.45) is 22.4 Å². The maximum absolute atomic E-state index is 12.5. The quantitative estimate of drug-likeness (QED) is 0.257. The molecule has 1 atom stereocenters. The van der Waals surface area contributed by atoms with Gasteiger partial charge in [-0.25, -0.2) is 0 Å². The molecule has 0 fully saturated rings. The van der Waals surface area contributed by atoms with Gasteiger partial charge in [0.25, 0.3) is 17.7 Å². The molecule has 0 radical (unpaired) electrons. The lowest BCUT2D eigenvalue weighted by atomic mass is 10.2. The Morgan fingerprint density at radius 2 is 2.07 bits per heavy atom. The van der Waals surface area contributed by atoms with Gasteiger partial charge in [-0.05, 0) is 6.92 Å². The number of amides is 3. The Balaban J connectivity index is 2.00. The Morgan fingerprint density at radius 3 is 2.70 bits per heavy atom. The largest absolute Gasteiger partial charge is 0.564 e. The summed E-state index contributed by atoms with van der Waals surface area (Å²) in [5, 5.41) is 13.6. The molecular weight excluding hydrogens is 358 g/mol. The molecule has 1 aliphatic heterocycles. The Bertz CT molecular complexity index is 796. The van der Waals surface area contributed by atoms with Crippen LogP contribution in [0.15, 0.2) is 11.1 Å². The summed E-state index contributed by atoms with van der Waals surface area (Å²) in [6, 6.07) is 1.36. The summed E-state index contributed by atoms with van der Waals surface area (Å²) in [5.74, 6) is -3.17. The number of hydrogen-bond donors (Lipinski definition) is 3. The SMILES string of the molecule is C[C@@H](CNC(=O)c1cc2n(n1)CCN(CCC(=O)N=C(N)N)C2=O)C(=O)[OH2+]. The van der Waals surface area contributed by atoms with Gasteiger partial charge in [-0.2, -0.15) is 10.1 Å². The number of nitrogens with zero attached hydrogens (tertiary/aromatic N) is 4. The molecule has 0 aromatic carbocycles. The molecular formula is C15H22N7O5+. The maximum Gasteiger partial charge on any atom is 0.520 e. The van der Waals surface area contributed by atoms with Crippen molar-refractivity contribution < 1.29 is 24.3 Å². The van der Waals surface area contributed by atoms with E-state index >= 15 is 0 Å². The van der Waals surface area contributed by atoms with Crippen LogP contribution >= 0.6 is 0 Å². The van der Waals surface area contributed by atoms with Crippen molar-refractivity contribution >= 4 is 29.7 Å². The first kappa shape index (κ1) is 19.9. The Morgan fingerprint density at radius 1 is 1.37 bits per heavy atom. The predicted molar refractivity (Wildman–Crippen MR) is 93.7 cm³/mol. The first-order valence-electron chi connectivity index (χ1n) is 8.22. The van der Waals surface area contributed by atoms with Crippen LogP contribution in [0.3, 0.4) is 0 Å². The molecule has 12 heteroatoms. The highest BCUT2D eigenvalue weighted by Crippen LogP contribution is 2.14. The van der Waals surface area contributed by atoms with Gasteiger partial charge in [0.2, 0.25) is 0 Å². The minimum Gasteiger partial charge on any atom is -0.564 e. The predicted octanol–water partition coefficient (Wildman–Crippen LogP) is -2.85. The van der Waals surface area contributed by atoms with E-state index in [0.717, 1.165) is 0 Å². The lowest BCUT2D eigenvalue weighted by Gasteiger charge is -2.26. The van der Waals surface area contributed by atoms with Gasteiger partial charge in [0, 0.05) is 36.9 Å². The van der Waals surface area contributed by atoms with Crippen LogP contribution in [0.1, 0.15) is 34.3 Å². The molecule has 1 aliphatic rings. The molecule has 0 aliphatic carbocycles. The second kappa shape index (κ2) is 8.29. The average Bonchev–Trinajstić information content (AvgIpc) is 3.03. The van der Waals surface area contributed by atoms with Gasteiger partial charge in [-0.15, -0.1) is 0 Å². The fourth-order valence-corrected chi connectivity index (χ4v) is 2.42. The molecule has 0 unspecified atom stereocenters. The summed E-state index contributed by atoms with van der Waals surface area (Å²) in [7, 11) is 0. The minimum absolute atomic E-state index is 0.0103. The number of guanidine groups is 1. The molecule has 3 amide bonds. The van der Waals surface area contributed by atoms with Crippen molar-refractivity contribution in [2.75, 3.05) is 19.6 Å². The lowest BCUT2D eigenvalue weighted by Crippen LogP contribution is -2.41. The van der Waals surface area contributed by atoms with Gasteiger partial charge in [-0.3, -0.25) is 19.1 Å². The molecule has 0 spiro atoms. The Labute approximate surface area is 154 Å². The van der Waals surface area contributed by atoms with E-state index in [1.54, 1.807) is 0 Å². The van der Waals surface area contributed by atoms with Crippen LogP contribution in [0.2, 0.25) is 0 Å². The van der Waals surface area contributed by atoms with Crippen LogP contribution in [0.4, 0.5) is 0 Å². The number of carbonyl (C=O) groups excluding carboxylic acids is 4. The second-order valence-corrected chi connectivity index (χ2v) is 6.09. The standard InChI is InChI=1S/C15H21N7O5/c1-8(14(26)27)7-18-12(24)9-6-10-13(25)21(4-5-22(10)20-9)3-2-11(23)19-15(16)17/h6,8H,2-5,7H2,1H3,(H,18,24)(H,26,27)(H4,16,17,19,23)/p+1/t8-/m0/s1. The van der Waals surface area contributed by atoms with Crippen molar-refractivity contribution in [1.29, 1.82) is 0 Å². The van der Waals surface area contributed by atoms with Crippen LogP contribution in [0, 0.1) is 5.92 Å². The van der Waals surface area contributed by atoms with Crippen molar-refractivity contribution in [3.05, 3.63) is 17.5 Å². The number of nitrogens with one attached hydrogen (secondary N) is 1. The van der Waals surface area contributed by atoms with Crippen molar-refractivity contribution in [1.82, 2.24) is 20.0 Å². The summed E-state index contributed by atoms with van der Waals surface area (Å²) < 4.78 is 1.42. The molecule has 1 aromatic rings. The number of rotatable bonds is 7. The first-order chi connectivity index (χ1) is 12.7. The number of nitrogens with two attached hydrogens (primary N) is 2. The van der Waals surface area contributed by atoms with Gasteiger partial charge in [0.15, 0.2) is 11.7 Å². The van der Waals surface area contributed by atoms with Crippen molar-refractivity contribution in [2.45, 2.75) is 19.9 Å². The summed E-state index contributed by atoms with van der Waals surface area (Å²) in [6.45, 7) is 2.37. The molecule has 0 saturated carbocycles. The average molecular weight is 380 g/mol. The van der Waals surface area contributed by atoms with Crippen molar-refractivity contribution in [3.8, 4) is 0 Å². The van der Waals surface area contributed by atoms with E-state index in [-0.39, 0.29) is 42.8 Å². The van der Waals surface area contributed by atoms with Gasteiger partial charge in [-0.1, -0.05) is 0 Å². The van der Waals surface area contributed by atoms with Crippen LogP contribution < -0.4 is 16.8 Å². The molecule has 2 rings (SSSR count). The number of aliphatic imine (C=N–C) groups is 1. The number of hydrogen-bond acceptors (Lipinski definition) is 5. The zero-order valence-corrected chi connectivity index (χ0v) is 14.8. The molecule has 146 valence electrons. The molecule has 1 aromatic heterocycles. The van der Waals surface area contributed by atoms with E-state index in [0.29, 0.717) is 13.1 Å². The molecule has 7 N–H and O–H groups in total. The Hall–Kier alpha value is -3.44. The number of fused-ring (bicyclic) bond motifs is 1. The topological polar surface area (TPSA) is 189 Å². The van der Waals surface area contributed by atoms with Gasteiger partial charge >= 0.3 is 5.97 Å². The molecule has 0 bridgehead atoms. The molecule has 0 saturated heterocycles. The summed E-state index contributed by atoms with van der Waals surface area (Å²) in [4.78, 5) is 51.9. The number of carbonyl (C=O) groups is 4. The van der Waals surface area contributed by atoms with E-state index < -0.39 is 23.7 Å². The zero-order valence-electron chi connectivity index (χ0n) is 14.8. The molecule has 12 nitrogen and oxygen atoms in total. The lowest BCUT2D eigenvalue weighted by molar-refractivity contribution is -0.140. The monoisotopic (exact) mass is 380 g/mol. The molecule has 27 heavy (non-hydrogen) atoms. The number of aromatic nitrogens is 2. The van der Waals surface area contributed by atoms with E-state index in [4.69, 9.17) is 16.6 Å². The van der Waals surface area contributed by atoms with Crippen LogP contribution in [-0.4, -0.2) is 69.1 Å². The van der Waals surface area contributed by atoms with E-state index in [9.17, 15) is 19.2 Å². The highest BCUT2D eigenvalue weighted by Gasteiger charge is 2.28. The zero-order chi connectivity index (χ0) is 20.1. The van der Waals surface area contributed by atoms with Gasteiger partial charge in [0.05, 0.1) is 6.54 Å². The summed E-state index contributed by atoms with van der Waals surface area (Å²) in [6.07, 6.45) is -0.0236. The Kier molecular flexibility index (Phi) is 6.11. The normalized spacial score (nSPS) is 14.3. The van der Waals surface area contributed by atoms with Gasteiger partial charge < -0.3 is 26.8 Å². The van der Waals surface area contributed by atoms with Crippen molar-refractivity contribution in [3.63, 3.8) is 0 Å². The fraction of sp³-hybridized carbons (Fsp3) is 0.467. The first-order valence-corrected chi connectivity index (χ1v) is 8.22. The van der Waals surface area contributed by atoms with Crippen LogP contribution in [-0.2, 0) is 16.1 Å².